The lowest BCUT2D eigenvalue weighted by molar-refractivity contribution is -0.120. The van der Waals surface area contributed by atoms with Gasteiger partial charge in [-0.05, 0) is 30.2 Å². The van der Waals surface area contributed by atoms with Gasteiger partial charge in [-0.25, -0.2) is 0 Å². The van der Waals surface area contributed by atoms with Crippen molar-refractivity contribution in [2.75, 3.05) is 20.8 Å². The minimum Gasteiger partial charge on any atom is -0.504 e. The molecular weight excluding hydrogens is 322 g/mol. The summed E-state index contributed by atoms with van der Waals surface area (Å²) in [6.45, 7) is 0.438. The molecule has 0 saturated heterocycles. The zero-order chi connectivity index (χ0) is 18.2. The summed E-state index contributed by atoms with van der Waals surface area (Å²) in [7, 11) is 2.76. The number of phenols is 2. The van der Waals surface area contributed by atoms with Crippen LogP contribution in [0.4, 0.5) is 0 Å². The molecule has 0 aromatic heterocycles. The zero-order valence-electron chi connectivity index (χ0n) is 14.2. The summed E-state index contributed by atoms with van der Waals surface area (Å²) in [5, 5.41) is 21.8. The van der Waals surface area contributed by atoms with Gasteiger partial charge in [-0.1, -0.05) is 30.3 Å². The van der Waals surface area contributed by atoms with Gasteiger partial charge in [0.25, 0.3) is 5.91 Å². The minimum absolute atomic E-state index is 0.0133. The first-order valence-electron chi connectivity index (χ1n) is 7.73. The standard InChI is InChI=1S/C19H21NO5/c1-24-17(14-8-9-15(21)16(22)12-14)18(25-2)19(23)20-11-10-13-6-4-3-5-7-13/h3-9,12,21-22H,10-11H2,1-2H3,(H,20,23)/b18-17+. The Morgan fingerprint density at radius 3 is 2.32 bits per heavy atom. The van der Waals surface area contributed by atoms with E-state index in [4.69, 9.17) is 9.47 Å². The second-order valence-corrected chi connectivity index (χ2v) is 5.26. The molecule has 2 rings (SSSR count). The molecule has 6 nitrogen and oxygen atoms in total. The van der Waals surface area contributed by atoms with Crippen molar-refractivity contribution in [1.29, 1.82) is 0 Å². The molecular formula is C19H21NO5. The van der Waals surface area contributed by atoms with Gasteiger partial charge in [0.1, 0.15) is 0 Å². The topological polar surface area (TPSA) is 88.0 Å². The molecule has 0 aliphatic rings. The second kappa shape index (κ2) is 8.63. The highest BCUT2D eigenvalue weighted by Gasteiger charge is 2.19. The van der Waals surface area contributed by atoms with Crippen LogP contribution in [0.15, 0.2) is 54.3 Å². The second-order valence-electron chi connectivity index (χ2n) is 5.26. The van der Waals surface area contributed by atoms with Gasteiger partial charge in [0.05, 0.1) is 14.2 Å². The van der Waals surface area contributed by atoms with Crippen LogP contribution in [-0.2, 0) is 20.7 Å². The van der Waals surface area contributed by atoms with Gasteiger partial charge in [-0.2, -0.15) is 0 Å². The van der Waals surface area contributed by atoms with Crippen LogP contribution in [0.1, 0.15) is 11.1 Å². The predicted octanol–water partition coefficient (Wildman–Crippen LogP) is 2.42. The van der Waals surface area contributed by atoms with Gasteiger partial charge in [0, 0.05) is 12.1 Å². The maximum Gasteiger partial charge on any atom is 0.290 e. The predicted molar refractivity (Wildman–Crippen MR) is 93.9 cm³/mol. The van der Waals surface area contributed by atoms with Crippen LogP contribution in [0.3, 0.4) is 0 Å². The van der Waals surface area contributed by atoms with Crippen LogP contribution in [0.25, 0.3) is 5.76 Å². The Bertz CT molecular complexity index is 756. The molecule has 0 bridgehead atoms. The van der Waals surface area contributed by atoms with Crippen LogP contribution in [-0.4, -0.2) is 36.9 Å². The van der Waals surface area contributed by atoms with E-state index in [1.54, 1.807) is 0 Å². The molecule has 0 aliphatic heterocycles. The molecule has 0 spiro atoms. The molecule has 0 fully saturated rings. The van der Waals surface area contributed by atoms with Crippen molar-refractivity contribution in [1.82, 2.24) is 5.32 Å². The number of hydrogen-bond acceptors (Lipinski definition) is 5. The molecule has 0 unspecified atom stereocenters. The molecule has 2 aromatic carbocycles. The van der Waals surface area contributed by atoms with E-state index in [1.165, 1.54) is 32.4 Å². The number of aromatic hydroxyl groups is 2. The number of methoxy groups -OCH3 is 2. The summed E-state index contributed by atoms with van der Waals surface area (Å²) >= 11 is 0. The van der Waals surface area contributed by atoms with E-state index in [9.17, 15) is 15.0 Å². The number of carbonyl (C=O) groups excluding carboxylic acids is 1. The molecule has 0 radical (unpaired) electrons. The lowest BCUT2D eigenvalue weighted by atomic mass is 10.1. The summed E-state index contributed by atoms with van der Waals surface area (Å²) in [5.74, 6) is -0.851. The molecule has 2 aromatic rings. The average molecular weight is 343 g/mol. The first-order chi connectivity index (χ1) is 12.1. The molecule has 0 aliphatic carbocycles. The van der Waals surface area contributed by atoms with Crippen molar-refractivity contribution in [3.63, 3.8) is 0 Å². The SMILES string of the molecule is CO/C(C(=O)NCCc1ccccc1)=C(/OC)c1ccc(O)c(O)c1. The third kappa shape index (κ3) is 4.67. The smallest absolute Gasteiger partial charge is 0.290 e. The number of benzene rings is 2. The van der Waals surface area contributed by atoms with Gasteiger partial charge >= 0.3 is 0 Å². The highest BCUT2D eigenvalue weighted by Crippen LogP contribution is 2.30. The van der Waals surface area contributed by atoms with E-state index in [-0.39, 0.29) is 23.0 Å². The number of ether oxygens (including phenoxy) is 2. The fraction of sp³-hybridized carbons (Fsp3) is 0.211. The molecule has 3 N–H and O–H groups in total. The van der Waals surface area contributed by atoms with Crippen LogP contribution >= 0.6 is 0 Å². The molecule has 1 amide bonds. The highest BCUT2D eigenvalue weighted by atomic mass is 16.5. The Morgan fingerprint density at radius 2 is 1.72 bits per heavy atom. The lowest BCUT2D eigenvalue weighted by Gasteiger charge is -2.14. The molecule has 0 saturated carbocycles. The van der Waals surface area contributed by atoms with E-state index < -0.39 is 5.91 Å². The summed E-state index contributed by atoms with van der Waals surface area (Å²) in [6.07, 6.45) is 0.686. The first-order valence-corrected chi connectivity index (χ1v) is 7.73. The van der Waals surface area contributed by atoms with Crippen molar-refractivity contribution in [3.05, 3.63) is 65.4 Å². The first kappa shape index (κ1) is 18.2. The fourth-order valence-corrected chi connectivity index (χ4v) is 2.34. The summed E-state index contributed by atoms with van der Waals surface area (Å²) < 4.78 is 10.5. The van der Waals surface area contributed by atoms with Crippen LogP contribution in [0.5, 0.6) is 11.5 Å². The Hall–Kier alpha value is -3.15. The quantitative estimate of drug-likeness (QED) is 0.408. The van der Waals surface area contributed by atoms with E-state index in [2.05, 4.69) is 5.32 Å². The normalized spacial score (nSPS) is 11.4. The van der Waals surface area contributed by atoms with E-state index in [1.807, 2.05) is 30.3 Å². The average Bonchev–Trinajstić information content (AvgIpc) is 2.62. The molecule has 132 valence electrons. The van der Waals surface area contributed by atoms with Gasteiger partial charge in [-0.15, -0.1) is 0 Å². The van der Waals surface area contributed by atoms with E-state index >= 15 is 0 Å². The molecule has 6 heteroatoms. The Labute approximate surface area is 146 Å². The summed E-state index contributed by atoms with van der Waals surface area (Å²) in [4.78, 5) is 12.4. The van der Waals surface area contributed by atoms with Crippen molar-refractivity contribution in [2.45, 2.75) is 6.42 Å². The third-order valence-corrected chi connectivity index (χ3v) is 3.60. The van der Waals surface area contributed by atoms with E-state index in [0.29, 0.717) is 18.5 Å². The van der Waals surface area contributed by atoms with Gasteiger partial charge in [0.2, 0.25) is 5.76 Å². The van der Waals surface area contributed by atoms with Crippen molar-refractivity contribution < 1.29 is 24.5 Å². The minimum atomic E-state index is -0.428. The third-order valence-electron chi connectivity index (χ3n) is 3.60. The Kier molecular flexibility index (Phi) is 6.28. The number of hydrogen-bond donors (Lipinski definition) is 3. The maximum absolute atomic E-state index is 12.4. The number of rotatable bonds is 7. The van der Waals surface area contributed by atoms with Gasteiger partial charge in [0.15, 0.2) is 17.3 Å². The summed E-state index contributed by atoms with van der Waals surface area (Å²) in [5.41, 5.74) is 1.52. The van der Waals surface area contributed by atoms with Crippen molar-refractivity contribution in [3.8, 4) is 11.5 Å². The highest BCUT2D eigenvalue weighted by molar-refractivity contribution is 5.98. The maximum atomic E-state index is 12.4. The van der Waals surface area contributed by atoms with Crippen LogP contribution in [0, 0.1) is 0 Å². The largest absolute Gasteiger partial charge is 0.504 e. The molecule has 25 heavy (non-hydrogen) atoms. The molecule has 0 heterocycles. The van der Waals surface area contributed by atoms with Gasteiger partial charge < -0.3 is 25.0 Å². The van der Waals surface area contributed by atoms with E-state index in [0.717, 1.165) is 5.56 Å². The number of carbonyl (C=O) groups is 1. The van der Waals surface area contributed by atoms with Gasteiger partial charge in [-0.3, -0.25) is 4.79 Å². The van der Waals surface area contributed by atoms with Crippen LogP contribution in [0.2, 0.25) is 0 Å². The molecule has 0 atom stereocenters. The number of nitrogens with one attached hydrogen (secondary N) is 1. The van der Waals surface area contributed by atoms with Crippen molar-refractivity contribution >= 4 is 11.7 Å². The Morgan fingerprint density at radius 1 is 1.00 bits per heavy atom. The van der Waals surface area contributed by atoms with Crippen LogP contribution < -0.4 is 5.32 Å². The zero-order valence-corrected chi connectivity index (χ0v) is 14.2. The Balaban J connectivity index is 2.14. The monoisotopic (exact) mass is 343 g/mol. The lowest BCUT2D eigenvalue weighted by Crippen LogP contribution is -2.28. The van der Waals surface area contributed by atoms with Crippen molar-refractivity contribution in [2.24, 2.45) is 0 Å². The number of phenolic OH excluding ortho intramolecular Hbond substituents is 2. The fourth-order valence-electron chi connectivity index (χ4n) is 2.34. The summed E-state index contributed by atoms with van der Waals surface area (Å²) in [6, 6.07) is 13.9. The number of amides is 1.